The summed E-state index contributed by atoms with van der Waals surface area (Å²) in [4.78, 5) is 12.3. The Morgan fingerprint density at radius 1 is 0.923 bits per heavy atom. The van der Waals surface area contributed by atoms with Crippen molar-refractivity contribution in [3.63, 3.8) is 0 Å². The summed E-state index contributed by atoms with van der Waals surface area (Å²) in [5, 5.41) is 7.81. The van der Waals surface area contributed by atoms with E-state index < -0.39 is 0 Å². The van der Waals surface area contributed by atoms with Crippen molar-refractivity contribution in [3.8, 4) is 17.4 Å². The number of carbonyl (C=O) groups excluding carboxylic acids is 1. The first-order valence-electron chi connectivity index (χ1n) is 7.78. The summed E-state index contributed by atoms with van der Waals surface area (Å²) in [6.45, 7) is 0. The topological polar surface area (TPSA) is 61.3 Å². The lowest BCUT2D eigenvalue weighted by Crippen LogP contribution is -1.95. The lowest BCUT2D eigenvalue weighted by molar-refractivity contribution is 0.104. The van der Waals surface area contributed by atoms with Gasteiger partial charge in [-0.3, -0.25) is 4.79 Å². The minimum Gasteiger partial charge on any atom is -0.497 e. The fourth-order valence-electron chi connectivity index (χ4n) is 2.15. The zero-order chi connectivity index (χ0) is 18.4. The van der Waals surface area contributed by atoms with Crippen LogP contribution in [0.1, 0.15) is 15.9 Å². The number of ketones is 1. The molecule has 0 aliphatic rings. The molecule has 0 radical (unpaired) electrons. The van der Waals surface area contributed by atoms with Crippen LogP contribution in [-0.4, -0.2) is 23.1 Å². The Morgan fingerprint density at radius 3 is 2.23 bits per heavy atom. The van der Waals surface area contributed by atoms with Crippen molar-refractivity contribution in [1.82, 2.24) is 10.2 Å². The van der Waals surface area contributed by atoms with Crippen LogP contribution in [0.15, 0.2) is 66.7 Å². The molecule has 3 aromatic rings. The maximum atomic E-state index is 12.3. The van der Waals surface area contributed by atoms with Crippen molar-refractivity contribution in [2.24, 2.45) is 0 Å². The molecule has 0 spiro atoms. The molecule has 26 heavy (non-hydrogen) atoms. The Balaban J connectivity index is 1.64. The summed E-state index contributed by atoms with van der Waals surface area (Å²) in [6, 6.07) is 17.4. The van der Waals surface area contributed by atoms with E-state index in [0.29, 0.717) is 22.3 Å². The molecular weight excluding hydrogens is 352 g/mol. The smallest absolute Gasteiger partial charge is 0.238 e. The van der Waals surface area contributed by atoms with Crippen molar-refractivity contribution in [1.29, 1.82) is 0 Å². The van der Waals surface area contributed by atoms with Crippen LogP contribution >= 0.6 is 11.6 Å². The molecule has 3 rings (SSSR count). The monoisotopic (exact) mass is 366 g/mol. The van der Waals surface area contributed by atoms with E-state index in [0.717, 1.165) is 11.3 Å². The highest BCUT2D eigenvalue weighted by Crippen LogP contribution is 2.20. The molecule has 5 nitrogen and oxygen atoms in total. The van der Waals surface area contributed by atoms with Gasteiger partial charge in [-0.25, -0.2) is 0 Å². The zero-order valence-corrected chi connectivity index (χ0v) is 14.7. The van der Waals surface area contributed by atoms with E-state index in [1.807, 2.05) is 24.3 Å². The maximum absolute atomic E-state index is 12.3. The van der Waals surface area contributed by atoms with E-state index in [9.17, 15) is 4.79 Å². The number of allylic oxidation sites excluding steroid dienone is 1. The van der Waals surface area contributed by atoms with Crippen molar-refractivity contribution in [2.45, 2.75) is 0 Å². The van der Waals surface area contributed by atoms with Gasteiger partial charge in [-0.05, 0) is 54.1 Å². The van der Waals surface area contributed by atoms with Crippen LogP contribution in [0.2, 0.25) is 5.15 Å². The quantitative estimate of drug-likeness (QED) is 0.462. The average molecular weight is 367 g/mol. The summed E-state index contributed by atoms with van der Waals surface area (Å²) in [5.41, 5.74) is 1.48. The Bertz CT molecular complexity index is 905. The number of rotatable bonds is 6. The fourth-order valence-corrected chi connectivity index (χ4v) is 2.25. The third-order valence-corrected chi connectivity index (χ3v) is 3.71. The summed E-state index contributed by atoms with van der Waals surface area (Å²) >= 11 is 5.68. The Labute approximate surface area is 155 Å². The Morgan fingerprint density at radius 2 is 1.62 bits per heavy atom. The summed E-state index contributed by atoms with van der Waals surface area (Å²) in [5.74, 6) is 1.55. The molecule has 1 aromatic heterocycles. The number of methoxy groups -OCH3 is 1. The first-order valence-corrected chi connectivity index (χ1v) is 8.15. The summed E-state index contributed by atoms with van der Waals surface area (Å²) in [7, 11) is 1.61. The molecule has 6 heteroatoms. The van der Waals surface area contributed by atoms with Gasteiger partial charge in [0, 0.05) is 11.6 Å². The van der Waals surface area contributed by atoms with Gasteiger partial charge in [0.2, 0.25) is 5.88 Å². The first-order chi connectivity index (χ1) is 12.6. The molecule has 0 N–H and O–H groups in total. The van der Waals surface area contributed by atoms with Gasteiger partial charge in [0.15, 0.2) is 10.9 Å². The highest BCUT2D eigenvalue weighted by atomic mass is 35.5. The average Bonchev–Trinajstić information content (AvgIpc) is 2.69. The molecule has 0 aliphatic heterocycles. The van der Waals surface area contributed by atoms with Gasteiger partial charge in [-0.15, -0.1) is 10.2 Å². The molecule has 0 saturated heterocycles. The molecule has 0 saturated carbocycles. The number of carbonyl (C=O) groups is 1. The Hall–Kier alpha value is -3.18. The van der Waals surface area contributed by atoms with Gasteiger partial charge in [0.05, 0.1) is 7.11 Å². The van der Waals surface area contributed by atoms with Crippen LogP contribution in [0.4, 0.5) is 0 Å². The normalized spacial score (nSPS) is 10.7. The molecule has 0 bridgehead atoms. The number of nitrogens with zero attached hydrogens (tertiary/aromatic N) is 2. The number of hydrogen-bond acceptors (Lipinski definition) is 5. The van der Waals surface area contributed by atoms with E-state index >= 15 is 0 Å². The highest BCUT2D eigenvalue weighted by molar-refractivity contribution is 6.29. The van der Waals surface area contributed by atoms with Crippen LogP contribution in [-0.2, 0) is 0 Å². The molecule has 1 heterocycles. The molecule has 0 aliphatic carbocycles. The predicted octanol–water partition coefficient (Wildman–Crippen LogP) is 4.83. The van der Waals surface area contributed by atoms with E-state index in [1.165, 1.54) is 6.08 Å². The molecule has 0 fully saturated rings. The standard InChI is InChI=1S/C20H15ClN2O3/c1-25-16-7-2-14(3-8-16)4-11-18(24)15-5-9-17(10-6-15)26-20-13-12-19(21)22-23-20/h2-13H,1H3. The fraction of sp³-hybridized carbons (Fsp3) is 0.0500. The van der Waals surface area contributed by atoms with E-state index in [4.69, 9.17) is 21.1 Å². The number of aromatic nitrogens is 2. The molecular formula is C20H15ClN2O3. The molecule has 130 valence electrons. The Kier molecular flexibility index (Phi) is 5.61. The van der Waals surface area contributed by atoms with Crippen LogP contribution < -0.4 is 9.47 Å². The van der Waals surface area contributed by atoms with Gasteiger partial charge in [-0.1, -0.05) is 29.8 Å². The second-order valence-electron chi connectivity index (χ2n) is 5.29. The molecule has 2 aromatic carbocycles. The van der Waals surface area contributed by atoms with Gasteiger partial charge in [0.1, 0.15) is 11.5 Å². The third kappa shape index (κ3) is 4.68. The molecule has 0 amide bonds. The van der Waals surface area contributed by atoms with Gasteiger partial charge in [0.25, 0.3) is 0 Å². The zero-order valence-electron chi connectivity index (χ0n) is 13.9. The number of benzene rings is 2. The third-order valence-electron chi connectivity index (χ3n) is 3.51. The second kappa shape index (κ2) is 8.27. The second-order valence-corrected chi connectivity index (χ2v) is 5.68. The minimum atomic E-state index is -0.0985. The van der Waals surface area contributed by atoms with Crippen molar-refractivity contribution in [3.05, 3.63) is 83.0 Å². The van der Waals surface area contributed by atoms with E-state index in [2.05, 4.69) is 10.2 Å². The highest BCUT2D eigenvalue weighted by Gasteiger charge is 2.04. The van der Waals surface area contributed by atoms with Gasteiger partial charge < -0.3 is 9.47 Å². The largest absolute Gasteiger partial charge is 0.497 e. The van der Waals surface area contributed by atoms with Crippen molar-refractivity contribution in [2.75, 3.05) is 7.11 Å². The summed E-state index contributed by atoms with van der Waals surface area (Å²) in [6.07, 6.45) is 3.29. The van der Waals surface area contributed by atoms with Crippen LogP contribution in [0.5, 0.6) is 17.4 Å². The van der Waals surface area contributed by atoms with Gasteiger partial charge in [-0.2, -0.15) is 0 Å². The van der Waals surface area contributed by atoms with Crippen LogP contribution in [0.3, 0.4) is 0 Å². The number of hydrogen-bond donors (Lipinski definition) is 0. The number of ether oxygens (including phenoxy) is 2. The van der Waals surface area contributed by atoms with E-state index in [-0.39, 0.29) is 5.78 Å². The predicted molar refractivity (Wildman–Crippen MR) is 99.9 cm³/mol. The van der Waals surface area contributed by atoms with Gasteiger partial charge >= 0.3 is 0 Å². The van der Waals surface area contributed by atoms with Crippen LogP contribution in [0, 0.1) is 0 Å². The lowest BCUT2D eigenvalue weighted by Gasteiger charge is -2.04. The molecule has 0 atom stereocenters. The lowest BCUT2D eigenvalue weighted by atomic mass is 10.1. The van der Waals surface area contributed by atoms with Crippen molar-refractivity contribution >= 4 is 23.5 Å². The SMILES string of the molecule is COc1ccc(C=CC(=O)c2ccc(Oc3ccc(Cl)nn3)cc2)cc1. The van der Waals surface area contributed by atoms with Crippen molar-refractivity contribution < 1.29 is 14.3 Å². The minimum absolute atomic E-state index is 0.0985. The molecule has 0 unspecified atom stereocenters. The number of halogens is 1. The first kappa shape index (κ1) is 17.6. The maximum Gasteiger partial charge on any atom is 0.238 e. The van der Waals surface area contributed by atoms with Crippen LogP contribution in [0.25, 0.3) is 6.08 Å². The van der Waals surface area contributed by atoms with E-state index in [1.54, 1.807) is 49.6 Å². The summed E-state index contributed by atoms with van der Waals surface area (Å²) < 4.78 is 10.7.